The van der Waals surface area contributed by atoms with Gasteiger partial charge in [-0.15, -0.1) is 0 Å². The summed E-state index contributed by atoms with van der Waals surface area (Å²) >= 11 is 0. The predicted molar refractivity (Wildman–Crippen MR) is 168 cm³/mol. The van der Waals surface area contributed by atoms with Crippen LogP contribution in [0.5, 0.6) is 0 Å². The molecule has 0 radical (unpaired) electrons. The summed E-state index contributed by atoms with van der Waals surface area (Å²) in [4.78, 5) is 29.2. The Labute approximate surface area is 251 Å². The summed E-state index contributed by atoms with van der Waals surface area (Å²) in [5.41, 5.74) is 29.8. The molecule has 1 saturated heterocycles. The molecule has 43 heavy (non-hydrogen) atoms. The van der Waals surface area contributed by atoms with Crippen molar-refractivity contribution in [3.05, 3.63) is 77.4 Å². The molecule has 0 bridgehead atoms. The molecule has 5 rings (SSSR count). The maximum absolute atomic E-state index is 12.5. The first kappa shape index (κ1) is 29.6. The van der Waals surface area contributed by atoms with Crippen molar-refractivity contribution in [3.63, 3.8) is 0 Å². The second-order valence-electron chi connectivity index (χ2n) is 11.2. The molecule has 2 fully saturated rings. The molecule has 11 N–H and O–H groups in total. The molecule has 13 nitrogen and oxygen atoms in total. The lowest BCUT2D eigenvalue weighted by Crippen LogP contribution is -2.31. The van der Waals surface area contributed by atoms with Crippen LogP contribution in [0.4, 0.5) is 11.4 Å². The average Bonchev–Trinajstić information content (AvgIpc) is 3.62. The highest BCUT2D eigenvalue weighted by Crippen LogP contribution is 2.44. The van der Waals surface area contributed by atoms with E-state index >= 15 is 0 Å². The monoisotopic (exact) mass is 587 g/mol. The van der Waals surface area contributed by atoms with Gasteiger partial charge in [-0.05, 0) is 43.7 Å². The highest BCUT2D eigenvalue weighted by Gasteiger charge is 2.32. The van der Waals surface area contributed by atoms with Crippen molar-refractivity contribution in [2.75, 3.05) is 43.9 Å². The number of likely N-dealkylation sites (tertiary alicyclic amines) is 1. The first-order valence-electron chi connectivity index (χ1n) is 14.4. The van der Waals surface area contributed by atoms with Gasteiger partial charge in [0.1, 0.15) is 11.5 Å². The molecule has 2 amide bonds. The van der Waals surface area contributed by atoms with E-state index in [1.165, 1.54) is 19.3 Å². The summed E-state index contributed by atoms with van der Waals surface area (Å²) in [6, 6.07) is 6.16. The summed E-state index contributed by atoms with van der Waals surface area (Å²) in [7, 11) is 3.52. The van der Waals surface area contributed by atoms with Crippen LogP contribution in [0.3, 0.4) is 0 Å². The number of amides is 2. The van der Waals surface area contributed by atoms with E-state index in [0.29, 0.717) is 13.1 Å². The van der Waals surface area contributed by atoms with Gasteiger partial charge in [-0.2, -0.15) is 5.10 Å². The number of para-hydroxylation sites is 1. The van der Waals surface area contributed by atoms with E-state index in [1.807, 2.05) is 31.5 Å². The Bertz CT molecular complexity index is 1520. The quantitative estimate of drug-likeness (QED) is 0.153. The van der Waals surface area contributed by atoms with Crippen molar-refractivity contribution in [2.45, 2.75) is 31.8 Å². The molecule has 13 heteroatoms. The van der Waals surface area contributed by atoms with Crippen LogP contribution >= 0.6 is 0 Å². The molecule has 1 unspecified atom stereocenters. The number of hydrogen-bond donors (Lipinski definition) is 7. The molecule has 228 valence electrons. The smallest absolute Gasteiger partial charge is 0.269 e. The van der Waals surface area contributed by atoms with Crippen molar-refractivity contribution >= 4 is 23.2 Å². The number of fused-ring (bicyclic) bond motifs is 3. The van der Waals surface area contributed by atoms with Crippen molar-refractivity contribution in [3.8, 4) is 11.1 Å². The van der Waals surface area contributed by atoms with Crippen LogP contribution < -0.4 is 43.8 Å². The van der Waals surface area contributed by atoms with Gasteiger partial charge >= 0.3 is 0 Å². The number of hydrogen-bond acceptors (Lipinski definition) is 10. The zero-order valence-electron chi connectivity index (χ0n) is 24.6. The van der Waals surface area contributed by atoms with Gasteiger partial charge in [0.25, 0.3) is 5.91 Å². The first-order valence-corrected chi connectivity index (χ1v) is 14.4. The van der Waals surface area contributed by atoms with E-state index in [2.05, 4.69) is 36.5 Å². The third-order valence-electron chi connectivity index (χ3n) is 7.96. The number of nitrogens with one attached hydrogen (secondary N) is 3. The Morgan fingerprint density at radius 3 is 2.65 bits per heavy atom. The molecule has 1 aliphatic carbocycles. The number of benzene rings is 1. The van der Waals surface area contributed by atoms with Gasteiger partial charge < -0.3 is 43.8 Å². The predicted octanol–water partition coefficient (Wildman–Crippen LogP) is 0.716. The lowest BCUT2D eigenvalue weighted by molar-refractivity contribution is -0.121. The fourth-order valence-electron chi connectivity index (χ4n) is 5.67. The Morgan fingerprint density at radius 1 is 1.14 bits per heavy atom. The Kier molecular flexibility index (Phi) is 8.62. The fraction of sp³-hybridized carbons (Fsp3) is 0.367. The standard InChI is InChI=1S/C30H41N11O2/c1-35-30(43)27(34)24(13-26(33)38-29(42)18-8-9-18)37-23-7-3-6-21-22-14-36-41(25(22)17-39(2)28(21)23)20-10-12-40(16-20)15-19(32)5-4-11-31/h3-7,11,13-14,18,20,37H,8-10,12,15-17,31-34H2,1-2H3,(H,35,43)(H,38,42)/b11-4-,19-5-,26-13+,27-24+. The van der Waals surface area contributed by atoms with E-state index in [-0.39, 0.29) is 35.1 Å². The molecule has 1 aromatic carbocycles. The average molecular weight is 588 g/mol. The zero-order valence-corrected chi connectivity index (χ0v) is 24.6. The van der Waals surface area contributed by atoms with Gasteiger partial charge in [0, 0.05) is 62.5 Å². The van der Waals surface area contributed by atoms with Crippen molar-refractivity contribution in [1.82, 2.24) is 25.3 Å². The normalized spacial score (nSPS) is 19.6. The highest BCUT2D eigenvalue weighted by molar-refractivity contribution is 5.96. The van der Waals surface area contributed by atoms with Crippen LogP contribution in [0.2, 0.25) is 0 Å². The lowest BCUT2D eigenvalue weighted by Gasteiger charge is -2.31. The summed E-state index contributed by atoms with van der Waals surface area (Å²) in [6.45, 7) is 3.10. The first-order chi connectivity index (χ1) is 20.7. The number of nitrogens with zero attached hydrogens (tertiary/aromatic N) is 4. The molecule has 2 aliphatic heterocycles. The van der Waals surface area contributed by atoms with Crippen LogP contribution in [-0.4, -0.2) is 60.2 Å². The van der Waals surface area contributed by atoms with Crippen molar-refractivity contribution < 1.29 is 9.59 Å². The lowest BCUT2D eigenvalue weighted by atomic mass is 9.97. The SMILES string of the molecule is CNC(=O)/C(N)=C(/C=C(\N)NC(=O)C1CC1)Nc1cccc2c1N(C)Cc1c-2cnn1C1CCN(C/C(N)=C/C=C\N)C1. The number of carbonyl (C=O) groups excluding carboxylic acids is 2. The molecule has 3 heterocycles. The van der Waals surface area contributed by atoms with E-state index in [9.17, 15) is 9.59 Å². The molecular weight excluding hydrogens is 546 g/mol. The van der Waals surface area contributed by atoms with E-state index < -0.39 is 5.91 Å². The minimum absolute atomic E-state index is 0.0189. The molecule has 0 spiro atoms. The molecule has 2 aromatic rings. The highest BCUT2D eigenvalue weighted by atomic mass is 16.2. The molecule has 1 atom stereocenters. The van der Waals surface area contributed by atoms with Gasteiger partial charge in [-0.25, -0.2) is 0 Å². The maximum atomic E-state index is 12.5. The number of carbonyl (C=O) groups is 2. The summed E-state index contributed by atoms with van der Waals surface area (Å²) in [5.74, 6) is -0.524. The van der Waals surface area contributed by atoms with Gasteiger partial charge in [0.15, 0.2) is 0 Å². The van der Waals surface area contributed by atoms with E-state index in [1.54, 1.807) is 6.08 Å². The largest absolute Gasteiger partial charge is 0.405 e. The molecule has 1 saturated carbocycles. The number of rotatable bonds is 10. The van der Waals surface area contributed by atoms with Gasteiger partial charge in [0.2, 0.25) is 5.91 Å². The van der Waals surface area contributed by atoms with Crippen LogP contribution in [0.25, 0.3) is 11.1 Å². The number of allylic oxidation sites excluding steroid dienone is 3. The topological polar surface area (TPSA) is 199 Å². The van der Waals surface area contributed by atoms with Crippen LogP contribution in [0.15, 0.2) is 71.7 Å². The zero-order chi connectivity index (χ0) is 30.7. The minimum Gasteiger partial charge on any atom is -0.405 e. The van der Waals surface area contributed by atoms with Gasteiger partial charge in [-0.1, -0.05) is 12.1 Å². The summed E-state index contributed by atoms with van der Waals surface area (Å²) < 4.78 is 2.15. The van der Waals surface area contributed by atoms with Crippen molar-refractivity contribution in [1.29, 1.82) is 0 Å². The molecular formula is C30H41N11O2. The van der Waals surface area contributed by atoms with Crippen LogP contribution in [-0.2, 0) is 16.1 Å². The maximum Gasteiger partial charge on any atom is 0.269 e. The molecule has 3 aliphatic rings. The molecule has 1 aromatic heterocycles. The number of nitrogens with two attached hydrogens (primary N) is 4. The number of anilines is 2. The van der Waals surface area contributed by atoms with Crippen molar-refractivity contribution in [2.24, 2.45) is 28.9 Å². The second-order valence-corrected chi connectivity index (χ2v) is 11.2. The van der Waals surface area contributed by atoms with E-state index in [0.717, 1.165) is 66.2 Å². The second kappa shape index (κ2) is 12.5. The Hall–Kier alpha value is -4.91. The fourth-order valence-corrected chi connectivity index (χ4v) is 5.67. The van der Waals surface area contributed by atoms with Gasteiger partial charge in [0.05, 0.1) is 41.5 Å². The van der Waals surface area contributed by atoms with Crippen LogP contribution in [0, 0.1) is 5.92 Å². The number of likely N-dealkylation sites (N-methyl/N-ethyl adjacent to an activating group) is 1. The minimum atomic E-state index is -0.472. The van der Waals surface area contributed by atoms with Gasteiger partial charge in [-0.3, -0.25) is 19.2 Å². The summed E-state index contributed by atoms with van der Waals surface area (Å²) in [6.07, 6.45) is 11.1. The Balaban J connectivity index is 1.41. The summed E-state index contributed by atoms with van der Waals surface area (Å²) in [5, 5.41) is 13.4. The van der Waals surface area contributed by atoms with Crippen LogP contribution in [0.1, 0.15) is 31.0 Å². The third kappa shape index (κ3) is 6.46. The Morgan fingerprint density at radius 2 is 1.93 bits per heavy atom. The third-order valence-corrected chi connectivity index (χ3v) is 7.96. The van der Waals surface area contributed by atoms with E-state index in [4.69, 9.17) is 28.0 Å². The number of aromatic nitrogens is 2.